The van der Waals surface area contributed by atoms with Crippen molar-refractivity contribution in [3.05, 3.63) is 42.2 Å². The summed E-state index contributed by atoms with van der Waals surface area (Å²) in [6, 6.07) is 6.70. The molecule has 0 aliphatic rings. The summed E-state index contributed by atoms with van der Waals surface area (Å²) in [6.07, 6.45) is 2.86. The van der Waals surface area contributed by atoms with Gasteiger partial charge < -0.3 is 0 Å². The number of hydrogen-bond donors (Lipinski definition) is 2. The second-order valence-corrected chi connectivity index (χ2v) is 6.48. The summed E-state index contributed by atoms with van der Waals surface area (Å²) in [5, 5.41) is 0. The number of thiol groups is 2. The molecule has 1 aromatic heterocycles. The average Bonchev–Trinajstić information content (AvgIpc) is 2.60. The van der Waals surface area contributed by atoms with Crippen LogP contribution in [0.1, 0.15) is 5.56 Å². The van der Waals surface area contributed by atoms with Crippen LogP contribution in [0.15, 0.2) is 51.3 Å². The largest absolute Gasteiger partial charge is 0.267 e. The molecule has 1 heterocycles. The van der Waals surface area contributed by atoms with Crippen LogP contribution in [0.25, 0.3) is 0 Å². The van der Waals surface area contributed by atoms with Gasteiger partial charge in [-0.1, -0.05) is 17.7 Å². The van der Waals surface area contributed by atoms with Crippen molar-refractivity contribution in [1.29, 1.82) is 0 Å². The van der Waals surface area contributed by atoms with Gasteiger partial charge in [-0.05, 0) is 19.1 Å². The first kappa shape index (κ1) is 12.6. The van der Waals surface area contributed by atoms with Gasteiger partial charge in [-0.15, -0.1) is 25.3 Å². The Balaban J connectivity index is 2.53. The number of rotatable bonds is 2. The lowest BCUT2D eigenvalue weighted by atomic mass is 10.2. The highest BCUT2D eigenvalue weighted by molar-refractivity contribution is 7.90. The van der Waals surface area contributed by atoms with Crippen molar-refractivity contribution in [2.75, 3.05) is 0 Å². The van der Waals surface area contributed by atoms with Gasteiger partial charge in [-0.2, -0.15) is 0 Å². The Labute approximate surface area is 111 Å². The molecule has 2 rings (SSSR count). The minimum atomic E-state index is -3.54. The quantitative estimate of drug-likeness (QED) is 0.833. The highest BCUT2D eigenvalue weighted by atomic mass is 32.2. The zero-order chi connectivity index (χ0) is 12.6. The van der Waals surface area contributed by atoms with E-state index >= 15 is 0 Å². The molecule has 0 fully saturated rings. The maximum absolute atomic E-state index is 12.2. The monoisotopic (exact) mass is 285 g/mol. The van der Waals surface area contributed by atoms with Crippen LogP contribution in [0.4, 0.5) is 0 Å². The minimum absolute atomic E-state index is 0.250. The van der Waals surface area contributed by atoms with Gasteiger partial charge in [0.1, 0.15) is 0 Å². The van der Waals surface area contributed by atoms with Gasteiger partial charge >= 0.3 is 0 Å². The lowest BCUT2D eigenvalue weighted by Crippen LogP contribution is -2.10. The topological polar surface area (TPSA) is 39.1 Å². The van der Waals surface area contributed by atoms with E-state index in [1.807, 2.05) is 6.92 Å². The zero-order valence-electron chi connectivity index (χ0n) is 9.03. The summed E-state index contributed by atoms with van der Waals surface area (Å²) in [5.41, 5.74) is 1.02. The number of aromatic nitrogens is 1. The van der Waals surface area contributed by atoms with Crippen molar-refractivity contribution < 1.29 is 8.42 Å². The molecular formula is C11H11NO2S3. The smallest absolute Gasteiger partial charge is 0.247 e. The third-order valence-electron chi connectivity index (χ3n) is 2.36. The van der Waals surface area contributed by atoms with Crippen LogP contribution in [0.5, 0.6) is 0 Å². The lowest BCUT2D eigenvalue weighted by Gasteiger charge is -2.05. The van der Waals surface area contributed by atoms with E-state index in [9.17, 15) is 8.42 Å². The highest BCUT2D eigenvalue weighted by Gasteiger charge is 2.17. The molecule has 0 saturated heterocycles. The van der Waals surface area contributed by atoms with E-state index in [1.54, 1.807) is 24.3 Å². The van der Waals surface area contributed by atoms with Crippen molar-refractivity contribution >= 4 is 35.3 Å². The molecule has 1 aromatic carbocycles. The molecule has 6 heteroatoms. The maximum atomic E-state index is 12.2. The summed E-state index contributed by atoms with van der Waals surface area (Å²) in [7, 11) is -3.54. The molecule has 2 aromatic rings. The first-order valence-corrected chi connectivity index (χ1v) is 7.17. The molecule has 0 spiro atoms. The maximum Gasteiger partial charge on any atom is 0.267 e. The Morgan fingerprint density at radius 3 is 1.94 bits per heavy atom. The zero-order valence-corrected chi connectivity index (χ0v) is 11.6. The van der Waals surface area contributed by atoms with E-state index in [0.29, 0.717) is 9.79 Å². The number of aryl methyl sites for hydroxylation is 1. The van der Waals surface area contributed by atoms with Gasteiger partial charge in [0.05, 0.1) is 4.90 Å². The lowest BCUT2D eigenvalue weighted by molar-refractivity contribution is 0.587. The van der Waals surface area contributed by atoms with E-state index in [2.05, 4.69) is 25.3 Å². The van der Waals surface area contributed by atoms with Gasteiger partial charge in [-0.3, -0.25) is 0 Å². The molecule has 17 heavy (non-hydrogen) atoms. The first-order chi connectivity index (χ1) is 7.91. The third-order valence-corrected chi connectivity index (χ3v) is 4.88. The van der Waals surface area contributed by atoms with Crippen molar-refractivity contribution in [2.24, 2.45) is 0 Å². The number of benzene rings is 1. The van der Waals surface area contributed by atoms with Crippen molar-refractivity contribution in [2.45, 2.75) is 21.6 Å². The molecule has 0 unspecified atom stereocenters. The molecular weight excluding hydrogens is 274 g/mol. The molecule has 0 N–H and O–H groups in total. The predicted octanol–water partition coefficient (Wildman–Crippen LogP) is 2.61. The molecule has 0 aliphatic carbocycles. The van der Waals surface area contributed by atoms with Gasteiger partial charge in [0.15, 0.2) is 0 Å². The molecule has 0 saturated carbocycles. The standard InChI is InChI=1S/C11H11NO2S3/c1-8-2-4-9(5-3-8)17(13,14)12-6-10(15)11(16)7-12/h2-7,15-16H,1H3. The molecule has 0 bridgehead atoms. The van der Waals surface area contributed by atoms with E-state index in [-0.39, 0.29) is 4.90 Å². The normalized spacial score (nSPS) is 11.7. The molecule has 90 valence electrons. The molecule has 0 amide bonds. The fourth-order valence-corrected chi connectivity index (χ4v) is 3.11. The van der Waals surface area contributed by atoms with Crippen LogP contribution in [-0.2, 0) is 10.0 Å². The number of nitrogens with zero attached hydrogens (tertiary/aromatic N) is 1. The Morgan fingerprint density at radius 2 is 1.47 bits per heavy atom. The fourth-order valence-electron chi connectivity index (χ4n) is 1.38. The van der Waals surface area contributed by atoms with E-state index in [0.717, 1.165) is 9.54 Å². The van der Waals surface area contributed by atoms with Gasteiger partial charge in [0.2, 0.25) is 0 Å². The van der Waals surface area contributed by atoms with Crippen LogP contribution in [-0.4, -0.2) is 12.4 Å². The van der Waals surface area contributed by atoms with Gasteiger partial charge in [-0.25, -0.2) is 12.4 Å². The summed E-state index contributed by atoms with van der Waals surface area (Å²) in [5.74, 6) is 0. The average molecular weight is 285 g/mol. The Hall–Kier alpha value is -0.850. The highest BCUT2D eigenvalue weighted by Crippen LogP contribution is 2.23. The molecule has 0 radical (unpaired) electrons. The minimum Gasteiger partial charge on any atom is -0.247 e. The Kier molecular flexibility index (Phi) is 3.29. The molecule has 3 nitrogen and oxygen atoms in total. The first-order valence-electron chi connectivity index (χ1n) is 4.83. The van der Waals surface area contributed by atoms with Crippen LogP contribution < -0.4 is 0 Å². The van der Waals surface area contributed by atoms with Crippen LogP contribution in [0, 0.1) is 6.92 Å². The fraction of sp³-hybridized carbons (Fsp3) is 0.0909. The van der Waals surface area contributed by atoms with Gasteiger partial charge in [0, 0.05) is 22.2 Å². The SMILES string of the molecule is Cc1ccc(S(=O)(=O)n2cc(S)c(S)c2)cc1. The number of hydrogen-bond acceptors (Lipinski definition) is 4. The second-order valence-electron chi connectivity index (χ2n) is 3.68. The van der Waals surface area contributed by atoms with E-state index in [1.165, 1.54) is 12.4 Å². The van der Waals surface area contributed by atoms with Crippen LogP contribution >= 0.6 is 25.3 Å². The molecule has 0 atom stereocenters. The predicted molar refractivity (Wildman–Crippen MR) is 72.7 cm³/mol. The third kappa shape index (κ3) is 2.38. The second kappa shape index (κ2) is 4.44. The van der Waals surface area contributed by atoms with E-state index in [4.69, 9.17) is 0 Å². The van der Waals surface area contributed by atoms with E-state index < -0.39 is 10.0 Å². The van der Waals surface area contributed by atoms with Crippen molar-refractivity contribution in [1.82, 2.24) is 3.97 Å². The summed E-state index contributed by atoms with van der Waals surface area (Å²) in [4.78, 5) is 1.31. The summed E-state index contributed by atoms with van der Waals surface area (Å²) < 4.78 is 25.5. The molecule has 0 aliphatic heterocycles. The van der Waals surface area contributed by atoms with Gasteiger partial charge in [0.25, 0.3) is 10.0 Å². The van der Waals surface area contributed by atoms with Crippen LogP contribution in [0.3, 0.4) is 0 Å². The summed E-state index contributed by atoms with van der Waals surface area (Å²) in [6.45, 7) is 1.91. The Bertz CT molecular complexity index is 622. The van der Waals surface area contributed by atoms with Crippen LogP contribution in [0.2, 0.25) is 0 Å². The summed E-state index contributed by atoms with van der Waals surface area (Å²) >= 11 is 8.24. The van der Waals surface area contributed by atoms with Crippen molar-refractivity contribution in [3.8, 4) is 0 Å². The van der Waals surface area contributed by atoms with Crippen molar-refractivity contribution in [3.63, 3.8) is 0 Å². The Morgan fingerprint density at radius 1 is 1.00 bits per heavy atom.